The Morgan fingerprint density at radius 3 is 3.00 bits per heavy atom. The zero-order valence-electron chi connectivity index (χ0n) is 7.05. The van der Waals surface area contributed by atoms with Crippen LogP contribution in [0, 0.1) is 0 Å². The number of hydrogen-bond donors (Lipinski definition) is 1. The first-order chi connectivity index (χ1) is 6.40. The molecule has 1 aliphatic carbocycles. The van der Waals surface area contributed by atoms with Gasteiger partial charge >= 0.3 is 0 Å². The second-order valence-electron chi connectivity index (χ2n) is 2.85. The largest absolute Gasteiger partial charge is 0.389 e. The Labute approximate surface area is 80.4 Å². The second kappa shape index (κ2) is 3.81. The fraction of sp³-hybridized carbons (Fsp3) is 0.333. The third kappa shape index (κ3) is 1.84. The van der Waals surface area contributed by atoms with E-state index in [0.717, 1.165) is 11.4 Å². The van der Waals surface area contributed by atoms with E-state index in [9.17, 15) is 0 Å². The number of hydrogen-bond acceptors (Lipinski definition) is 4. The Morgan fingerprint density at radius 1 is 1.46 bits per heavy atom. The average Bonchev–Trinajstić information content (AvgIpc) is 2.67. The monoisotopic (exact) mass is 194 g/mol. The van der Waals surface area contributed by atoms with E-state index in [1.54, 1.807) is 0 Å². The highest BCUT2D eigenvalue weighted by Crippen LogP contribution is 2.26. The van der Waals surface area contributed by atoms with Gasteiger partial charge in [-0.25, -0.2) is 0 Å². The van der Waals surface area contributed by atoms with E-state index in [-0.39, 0.29) is 6.61 Å². The predicted molar refractivity (Wildman–Crippen MR) is 51.5 cm³/mol. The summed E-state index contributed by atoms with van der Waals surface area (Å²) in [5.74, 6) is 0.350. The van der Waals surface area contributed by atoms with Gasteiger partial charge in [0.2, 0.25) is 0 Å². The normalized spacial score (nSPS) is 20.8. The van der Waals surface area contributed by atoms with Crippen LogP contribution in [0.4, 0.5) is 0 Å². The third-order valence-corrected chi connectivity index (χ3v) is 2.96. The molecule has 0 radical (unpaired) electrons. The first-order valence-electron chi connectivity index (χ1n) is 4.16. The van der Waals surface area contributed by atoms with Crippen LogP contribution in [0.15, 0.2) is 24.3 Å². The lowest BCUT2D eigenvalue weighted by Crippen LogP contribution is -1.94. The Balaban J connectivity index is 2.16. The Kier molecular flexibility index (Phi) is 2.52. The summed E-state index contributed by atoms with van der Waals surface area (Å²) in [4.78, 5) is 0. The molecule has 0 aromatic carbocycles. The topological polar surface area (TPSA) is 46.0 Å². The minimum Gasteiger partial charge on any atom is -0.389 e. The van der Waals surface area contributed by atoms with Gasteiger partial charge in [-0.15, -0.1) is 10.2 Å². The smallest absolute Gasteiger partial charge is 0.143 e. The highest BCUT2D eigenvalue weighted by Gasteiger charge is 2.13. The summed E-state index contributed by atoms with van der Waals surface area (Å²) in [6.07, 6.45) is 9.27. The van der Waals surface area contributed by atoms with Crippen molar-refractivity contribution in [2.75, 3.05) is 0 Å². The molecule has 2 rings (SSSR count). The molecule has 1 aromatic rings. The number of allylic oxidation sites excluding steroid dienone is 4. The van der Waals surface area contributed by atoms with Gasteiger partial charge in [0, 0.05) is 5.92 Å². The minimum absolute atomic E-state index is 0.00998. The summed E-state index contributed by atoms with van der Waals surface area (Å²) >= 11 is 1.48. The van der Waals surface area contributed by atoms with Crippen molar-refractivity contribution < 1.29 is 5.11 Å². The van der Waals surface area contributed by atoms with Crippen molar-refractivity contribution in [1.29, 1.82) is 0 Å². The molecule has 1 atom stereocenters. The van der Waals surface area contributed by atoms with E-state index in [2.05, 4.69) is 22.3 Å². The minimum atomic E-state index is -0.00998. The quantitative estimate of drug-likeness (QED) is 0.778. The molecular formula is C9H10N2OS. The van der Waals surface area contributed by atoms with Crippen molar-refractivity contribution >= 4 is 11.3 Å². The maximum atomic E-state index is 8.83. The van der Waals surface area contributed by atoms with Gasteiger partial charge in [0.15, 0.2) is 0 Å². The summed E-state index contributed by atoms with van der Waals surface area (Å²) in [5.41, 5.74) is 0. The van der Waals surface area contributed by atoms with Crippen molar-refractivity contribution in [3.63, 3.8) is 0 Å². The first kappa shape index (κ1) is 8.59. The molecule has 0 fully saturated rings. The van der Waals surface area contributed by atoms with Gasteiger partial charge in [-0.2, -0.15) is 0 Å². The van der Waals surface area contributed by atoms with Gasteiger partial charge < -0.3 is 5.11 Å². The van der Waals surface area contributed by atoms with Gasteiger partial charge in [0.25, 0.3) is 0 Å². The average molecular weight is 194 g/mol. The molecule has 4 heteroatoms. The molecule has 13 heavy (non-hydrogen) atoms. The third-order valence-electron chi connectivity index (χ3n) is 1.92. The van der Waals surface area contributed by atoms with Crippen LogP contribution in [0.2, 0.25) is 0 Å². The fourth-order valence-corrected chi connectivity index (χ4v) is 2.04. The van der Waals surface area contributed by atoms with E-state index >= 15 is 0 Å². The lowest BCUT2D eigenvalue weighted by atomic mass is 10.0. The molecule has 1 unspecified atom stereocenters. The molecule has 68 valence electrons. The number of rotatable bonds is 2. The zero-order valence-corrected chi connectivity index (χ0v) is 7.87. The summed E-state index contributed by atoms with van der Waals surface area (Å²) in [7, 11) is 0. The molecule has 1 aliphatic rings. The number of aliphatic hydroxyl groups excluding tert-OH is 1. The van der Waals surface area contributed by atoms with Crippen LogP contribution < -0.4 is 0 Å². The van der Waals surface area contributed by atoms with Crippen molar-refractivity contribution in [3.05, 3.63) is 34.3 Å². The summed E-state index contributed by atoms with van der Waals surface area (Å²) in [5, 5.41) is 18.4. The predicted octanol–water partition coefficient (Wildman–Crippen LogP) is 1.63. The van der Waals surface area contributed by atoms with E-state index in [1.807, 2.05) is 12.2 Å². The Bertz CT molecular complexity index is 343. The van der Waals surface area contributed by atoms with Crippen LogP contribution in [0.25, 0.3) is 0 Å². The highest BCUT2D eigenvalue weighted by atomic mass is 32.1. The standard InChI is InChI=1S/C9H10N2OS/c12-6-8-10-11-9(13-8)7-4-2-1-3-5-7/h1-4,7,12H,5-6H2. The first-order valence-corrected chi connectivity index (χ1v) is 4.98. The van der Waals surface area contributed by atoms with E-state index < -0.39 is 0 Å². The zero-order chi connectivity index (χ0) is 9.10. The van der Waals surface area contributed by atoms with Crippen molar-refractivity contribution in [2.24, 2.45) is 0 Å². The molecular weight excluding hydrogens is 184 g/mol. The van der Waals surface area contributed by atoms with Crippen molar-refractivity contribution in [1.82, 2.24) is 10.2 Å². The summed E-state index contributed by atoms with van der Waals surface area (Å²) < 4.78 is 0. The molecule has 1 heterocycles. The molecule has 1 N–H and O–H groups in total. The number of aliphatic hydroxyl groups is 1. The van der Waals surface area contributed by atoms with Crippen molar-refractivity contribution in [2.45, 2.75) is 18.9 Å². The van der Waals surface area contributed by atoms with Gasteiger partial charge in [-0.3, -0.25) is 0 Å². The summed E-state index contributed by atoms with van der Waals surface area (Å²) in [6, 6.07) is 0. The molecule has 0 bridgehead atoms. The molecule has 0 amide bonds. The Hall–Kier alpha value is -1.00. The molecule has 0 saturated heterocycles. The van der Waals surface area contributed by atoms with E-state index in [1.165, 1.54) is 11.3 Å². The van der Waals surface area contributed by atoms with E-state index in [4.69, 9.17) is 5.11 Å². The molecule has 1 aromatic heterocycles. The van der Waals surface area contributed by atoms with Crippen LogP contribution in [-0.2, 0) is 6.61 Å². The molecule has 0 aliphatic heterocycles. The van der Waals surface area contributed by atoms with Gasteiger partial charge in [-0.05, 0) is 6.42 Å². The molecule has 3 nitrogen and oxygen atoms in total. The lowest BCUT2D eigenvalue weighted by molar-refractivity contribution is 0.280. The molecule has 0 spiro atoms. The van der Waals surface area contributed by atoms with Crippen LogP contribution in [0.5, 0.6) is 0 Å². The number of aromatic nitrogens is 2. The lowest BCUT2D eigenvalue weighted by Gasteiger charge is -2.07. The Morgan fingerprint density at radius 2 is 2.38 bits per heavy atom. The van der Waals surface area contributed by atoms with Crippen molar-refractivity contribution in [3.8, 4) is 0 Å². The van der Waals surface area contributed by atoms with Crippen LogP contribution in [0.3, 0.4) is 0 Å². The van der Waals surface area contributed by atoms with Crippen LogP contribution in [-0.4, -0.2) is 15.3 Å². The van der Waals surface area contributed by atoms with Gasteiger partial charge in [-0.1, -0.05) is 35.6 Å². The van der Waals surface area contributed by atoms with Crippen LogP contribution in [0.1, 0.15) is 22.4 Å². The van der Waals surface area contributed by atoms with Gasteiger partial charge in [0.05, 0.1) is 6.61 Å². The van der Waals surface area contributed by atoms with Crippen LogP contribution >= 0.6 is 11.3 Å². The molecule has 0 saturated carbocycles. The number of nitrogens with zero attached hydrogens (tertiary/aromatic N) is 2. The summed E-state index contributed by atoms with van der Waals surface area (Å²) in [6.45, 7) is -0.00998. The fourth-order valence-electron chi connectivity index (χ4n) is 1.24. The highest BCUT2D eigenvalue weighted by molar-refractivity contribution is 7.11. The van der Waals surface area contributed by atoms with Gasteiger partial charge in [0.1, 0.15) is 10.0 Å². The van der Waals surface area contributed by atoms with E-state index in [0.29, 0.717) is 10.9 Å². The second-order valence-corrected chi connectivity index (χ2v) is 3.94. The SMILES string of the molecule is OCc1nnc(C2C=CC=CC2)s1. The maximum Gasteiger partial charge on any atom is 0.143 e. The maximum absolute atomic E-state index is 8.83.